The molecule has 3 rings (SSSR count). The zero-order valence-corrected chi connectivity index (χ0v) is 9.10. The van der Waals surface area contributed by atoms with E-state index in [-0.39, 0.29) is 0 Å². The van der Waals surface area contributed by atoms with Gasteiger partial charge in [-0.25, -0.2) is 4.98 Å². The van der Waals surface area contributed by atoms with Gasteiger partial charge in [0.15, 0.2) is 0 Å². The fourth-order valence-corrected chi connectivity index (χ4v) is 2.25. The summed E-state index contributed by atoms with van der Waals surface area (Å²) >= 11 is 0. The molecule has 16 heavy (non-hydrogen) atoms. The number of anilines is 1. The first-order chi connectivity index (χ1) is 7.84. The van der Waals surface area contributed by atoms with Gasteiger partial charge in [0.2, 0.25) is 0 Å². The highest BCUT2D eigenvalue weighted by Crippen LogP contribution is 2.20. The summed E-state index contributed by atoms with van der Waals surface area (Å²) in [6.45, 7) is 1.74. The van der Waals surface area contributed by atoms with E-state index >= 15 is 0 Å². The van der Waals surface area contributed by atoms with E-state index in [1.807, 2.05) is 24.5 Å². The molecule has 0 saturated carbocycles. The summed E-state index contributed by atoms with van der Waals surface area (Å²) in [7, 11) is 0. The molecule has 4 heteroatoms. The van der Waals surface area contributed by atoms with Crippen molar-refractivity contribution >= 4 is 11.2 Å². The topological polar surface area (TPSA) is 52.5 Å². The predicted octanol–water partition coefficient (Wildman–Crippen LogP) is 1.50. The molecule has 1 aliphatic rings. The average molecular weight is 217 g/mol. The number of imidazole rings is 1. The zero-order valence-electron chi connectivity index (χ0n) is 9.10. The van der Waals surface area contributed by atoms with Crippen molar-refractivity contribution in [1.29, 1.82) is 0 Å². The predicted molar refractivity (Wildman–Crippen MR) is 62.2 cm³/mol. The van der Waals surface area contributed by atoms with Crippen molar-refractivity contribution in [3.05, 3.63) is 30.4 Å². The third kappa shape index (κ3) is 1.55. The molecule has 0 radical (unpaired) electrons. The van der Waals surface area contributed by atoms with E-state index in [1.165, 1.54) is 0 Å². The monoisotopic (exact) mass is 217 g/mol. The summed E-state index contributed by atoms with van der Waals surface area (Å²) in [6, 6.07) is 3.86. The smallest absolute Gasteiger partial charge is 0.113 e. The molecular weight excluding hydrogens is 202 g/mol. The number of nitrogens with zero attached hydrogens (tertiary/aromatic N) is 2. The Hall–Kier alpha value is -1.55. The summed E-state index contributed by atoms with van der Waals surface area (Å²) in [5.41, 5.74) is 7.67. The summed E-state index contributed by atoms with van der Waals surface area (Å²) in [5.74, 6) is 1.69. The second-order valence-corrected chi connectivity index (χ2v) is 4.33. The van der Waals surface area contributed by atoms with Crippen LogP contribution in [0.15, 0.2) is 24.5 Å². The fraction of sp³-hybridized carbons (Fsp3) is 0.417. The molecule has 0 bridgehead atoms. The van der Waals surface area contributed by atoms with Gasteiger partial charge in [0.25, 0.3) is 0 Å². The molecule has 0 aromatic carbocycles. The Kier molecular flexibility index (Phi) is 2.29. The summed E-state index contributed by atoms with van der Waals surface area (Å²) in [4.78, 5) is 4.45. The van der Waals surface area contributed by atoms with Gasteiger partial charge in [-0.2, -0.15) is 0 Å². The summed E-state index contributed by atoms with van der Waals surface area (Å²) in [6.07, 6.45) is 5.97. The molecule has 2 N–H and O–H groups in total. The van der Waals surface area contributed by atoms with Gasteiger partial charge in [-0.15, -0.1) is 0 Å². The second kappa shape index (κ2) is 3.79. The van der Waals surface area contributed by atoms with E-state index in [4.69, 9.17) is 10.5 Å². The standard InChI is InChI=1S/C12H15N3O/c13-10-2-1-4-15-11(10)7-14-12(15)6-9-3-5-16-8-9/h1-2,4,7,9H,3,5-6,8,13H2. The molecule has 84 valence electrons. The average Bonchev–Trinajstić information content (AvgIpc) is 2.90. The van der Waals surface area contributed by atoms with Gasteiger partial charge in [0, 0.05) is 25.8 Å². The molecule has 1 aliphatic heterocycles. The lowest BCUT2D eigenvalue weighted by atomic mass is 10.1. The van der Waals surface area contributed by atoms with Crippen LogP contribution in [0.3, 0.4) is 0 Å². The highest BCUT2D eigenvalue weighted by Gasteiger charge is 2.18. The van der Waals surface area contributed by atoms with Crippen molar-refractivity contribution in [3.8, 4) is 0 Å². The highest BCUT2D eigenvalue weighted by molar-refractivity contribution is 5.68. The Morgan fingerprint density at radius 2 is 2.50 bits per heavy atom. The number of rotatable bonds is 2. The number of hydrogen-bond donors (Lipinski definition) is 1. The second-order valence-electron chi connectivity index (χ2n) is 4.33. The number of nitrogen functional groups attached to an aromatic ring is 1. The largest absolute Gasteiger partial charge is 0.397 e. The van der Waals surface area contributed by atoms with Gasteiger partial charge in [-0.3, -0.25) is 0 Å². The van der Waals surface area contributed by atoms with Crippen molar-refractivity contribution in [2.24, 2.45) is 5.92 Å². The Labute approximate surface area is 94.0 Å². The first-order valence-electron chi connectivity index (χ1n) is 5.63. The molecule has 3 heterocycles. The number of fused-ring (bicyclic) bond motifs is 1. The van der Waals surface area contributed by atoms with Crippen LogP contribution in [-0.4, -0.2) is 22.6 Å². The summed E-state index contributed by atoms with van der Waals surface area (Å²) < 4.78 is 7.46. The molecule has 0 spiro atoms. The molecule has 1 saturated heterocycles. The van der Waals surface area contributed by atoms with Crippen LogP contribution in [0, 0.1) is 5.92 Å². The lowest BCUT2D eigenvalue weighted by Crippen LogP contribution is -2.07. The van der Waals surface area contributed by atoms with Gasteiger partial charge in [0.05, 0.1) is 17.4 Å². The molecule has 4 nitrogen and oxygen atoms in total. The Morgan fingerprint density at radius 3 is 3.31 bits per heavy atom. The van der Waals surface area contributed by atoms with Crippen molar-refractivity contribution in [1.82, 2.24) is 9.38 Å². The Bertz CT molecular complexity index is 500. The Balaban J connectivity index is 1.94. The number of aromatic nitrogens is 2. The van der Waals surface area contributed by atoms with E-state index in [2.05, 4.69) is 9.38 Å². The highest BCUT2D eigenvalue weighted by atomic mass is 16.5. The van der Waals surface area contributed by atoms with Crippen molar-refractivity contribution in [2.45, 2.75) is 12.8 Å². The maximum absolute atomic E-state index is 5.89. The van der Waals surface area contributed by atoms with Crippen LogP contribution in [0.2, 0.25) is 0 Å². The number of ether oxygens (including phenoxy) is 1. The molecule has 2 aromatic rings. The maximum Gasteiger partial charge on any atom is 0.113 e. The number of hydrogen-bond acceptors (Lipinski definition) is 3. The van der Waals surface area contributed by atoms with E-state index in [1.54, 1.807) is 0 Å². The van der Waals surface area contributed by atoms with Crippen molar-refractivity contribution in [2.75, 3.05) is 18.9 Å². The van der Waals surface area contributed by atoms with Crippen LogP contribution >= 0.6 is 0 Å². The molecule has 0 amide bonds. The van der Waals surface area contributed by atoms with Crippen LogP contribution in [0.1, 0.15) is 12.2 Å². The quantitative estimate of drug-likeness (QED) is 0.829. The van der Waals surface area contributed by atoms with Gasteiger partial charge in [-0.1, -0.05) is 0 Å². The molecule has 2 aromatic heterocycles. The minimum atomic E-state index is 0.604. The lowest BCUT2D eigenvalue weighted by Gasteiger charge is -2.06. The van der Waals surface area contributed by atoms with Gasteiger partial charge in [-0.05, 0) is 24.5 Å². The molecule has 0 aliphatic carbocycles. The van der Waals surface area contributed by atoms with E-state index < -0.39 is 0 Å². The first-order valence-corrected chi connectivity index (χ1v) is 5.63. The minimum Gasteiger partial charge on any atom is -0.397 e. The third-order valence-corrected chi connectivity index (χ3v) is 3.18. The van der Waals surface area contributed by atoms with Crippen molar-refractivity contribution in [3.63, 3.8) is 0 Å². The van der Waals surface area contributed by atoms with Crippen LogP contribution in [-0.2, 0) is 11.2 Å². The van der Waals surface area contributed by atoms with Crippen LogP contribution in [0.5, 0.6) is 0 Å². The number of nitrogens with two attached hydrogens (primary N) is 1. The van der Waals surface area contributed by atoms with E-state index in [0.29, 0.717) is 5.92 Å². The summed E-state index contributed by atoms with van der Waals surface area (Å²) in [5, 5.41) is 0. The normalized spacial score (nSPS) is 20.6. The SMILES string of the molecule is Nc1cccn2c(CC3CCOC3)ncc12. The van der Waals surface area contributed by atoms with Gasteiger partial charge >= 0.3 is 0 Å². The Morgan fingerprint density at radius 1 is 1.56 bits per heavy atom. The van der Waals surface area contributed by atoms with Crippen LogP contribution in [0.4, 0.5) is 5.69 Å². The van der Waals surface area contributed by atoms with Crippen LogP contribution < -0.4 is 5.73 Å². The minimum absolute atomic E-state index is 0.604. The molecule has 1 atom stereocenters. The molecule has 1 fully saturated rings. The lowest BCUT2D eigenvalue weighted by molar-refractivity contribution is 0.185. The number of pyridine rings is 1. The van der Waals surface area contributed by atoms with Crippen molar-refractivity contribution < 1.29 is 4.74 Å². The van der Waals surface area contributed by atoms with Crippen LogP contribution in [0.25, 0.3) is 5.52 Å². The van der Waals surface area contributed by atoms with Gasteiger partial charge < -0.3 is 14.9 Å². The van der Waals surface area contributed by atoms with E-state index in [9.17, 15) is 0 Å². The first kappa shape index (κ1) is 9.66. The molecule has 1 unspecified atom stereocenters. The zero-order chi connectivity index (χ0) is 11.0. The van der Waals surface area contributed by atoms with Gasteiger partial charge in [0.1, 0.15) is 5.82 Å². The molecular formula is C12H15N3O. The fourth-order valence-electron chi connectivity index (χ4n) is 2.25. The third-order valence-electron chi connectivity index (χ3n) is 3.18. The van der Waals surface area contributed by atoms with E-state index in [0.717, 1.165) is 43.1 Å². The maximum atomic E-state index is 5.89.